The first-order valence-corrected chi connectivity index (χ1v) is 8.36. The van der Waals surface area contributed by atoms with Gasteiger partial charge in [0.15, 0.2) is 0 Å². The molecule has 5 heteroatoms. The van der Waals surface area contributed by atoms with E-state index in [0.717, 1.165) is 30.0 Å². The third-order valence-corrected chi connectivity index (χ3v) is 5.05. The summed E-state index contributed by atoms with van der Waals surface area (Å²) in [5, 5.41) is 0. The molecule has 0 saturated carbocycles. The van der Waals surface area contributed by atoms with Crippen LogP contribution in [0, 0.1) is 19.7 Å². The lowest BCUT2D eigenvalue weighted by atomic mass is 10.1. The molecule has 2 heterocycles. The first-order chi connectivity index (χ1) is 11.5. The summed E-state index contributed by atoms with van der Waals surface area (Å²) >= 11 is 0. The standard InChI is InChI=1S/C19H24FN3O/c1-14-12-16(15(2)21(14)3)13-19(24)23-10-8-22(9-11-23)18-6-4-17(20)5-7-18/h4-7,12H,8-11,13H2,1-3H3. The van der Waals surface area contributed by atoms with Gasteiger partial charge >= 0.3 is 0 Å². The number of aryl methyl sites for hydroxylation is 1. The summed E-state index contributed by atoms with van der Waals surface area (Å²) in [5.74, 6) is -0.0384. The summed E-state index contributed by atoms with van der Waals surface area (Å²) in [6.07, 6.45) is 0.462. The SMILES string of the molecule is Cc1cc(CC(=O)N2CCN(c3ccc(F)cc3)CC2)c(C)n1C. The molecule has 2 aromatic rings. The molecule has 0 unspecified atom stereocenters. The Morgan fingerprint density at radius 1 is 1.08 bits per heavy atom. The van der Waals surface area contributed by atoms with E-state index in [1.165, 1.54) is 17.8 Å². The van der Waals surface area contributed by atoms with Crippen molar-refractivity contribution in [2.24, 2.45) is 7.05 Å². The average molecular weight is 329 g/mol. The summed E-state index contributed by atoms with van der Waals surface area (Å²) in [4.78, 5) is 16.7. The van der Waals surface area contributed by atoms with Gasteiger partial charge in [-0.3, -0.25) is 4.79 Å². The number of amides is 1. The Labute approximate surface area is 142 Å². The van der Waals surface area contributed by atoms with Crippen molar-refractivity contribution in [2.75, 3.05) is 31.1 Å². The third-order valence-electron chi connectivity index (χ3n) is 5.05. The van der Waals surface area contributed by atoms with Crippen molar-refractivity contribution in [3.8, 4) is 0 Å². The monoisotopic (exact) mass is 329 g/mol. The van der Waals surface area contributed by atoms with Gasteiger partial charge in [0.1, 0.15) is 5.82 Å². The van der Waals surface area contributed by atoms with Crippen LogP contribution in [0.15, 0.2) is 30.3 Å². The first kappa shape index (κ1) is 16.6. The number of benzene rings is 1. The summed E-state index contributed by atoms with van der Waals surface area (Å²) in [6, 6.07) is 8.65. The molecular weight excluding hydrogens is 305 g/mol. The lowest BCUT2D eigenvalue weighted by molar-refractivity contribution is -0.130. The van der Waals surface area contributed by atoms with Gasteiger partial charge in [0.05, 0.1) is 6.42 Å². The van der Waals surface area contributed by atoms with Gasteiger partial charge in [0.25, 0.3) is 0 Å². The fraction of sp³-hybridized carbons (Fsp3) is 0.421. The number of hydrogen-bond donors (Lipinski definition) is 0. The number of hydrogen-bond acceptors (Lipinski definition) is 2. The number of piperazine rings is 1. The summed E-state index contributed by atoms with van der Waals surface area (Å²) in [5.41, 5.74) is 4.46. The van der Waals surface area contributed by atoms with Crippen LogP contribution in [-0.4, -0.2) is 41.6 Å². The molecule has 0 N–H and O–H groups in total. The Kier molecular flexibility index (Phi) is 4.60. The van der Waals surface area contributed by atoms with Crippen LogP contribution in [0.2, 0.25) is 0 Å². The predicted molar refractivity (Wildman–Crippen MR) is 93.8 cm³/mol. The Morgan fingerprint density at radius 2 is 1.71 bits per heavy atom. The second-order valence-electron chi connectivity index (χ2n) is 6.48. The molecule has 128 valence electrons. The van der Waals surface area contributed by atoms with E-state index in [1.54, 1.807) is 12.1 Å². The molecule has 0 spiro atoms. The van der Waals surface area contributed by atoms with Crippen molar-refractivity contribution in [1.29, 1.82) is 0 Å². The highest BCUT2D eigenvalue weighted by Crippen LogP contribution is 2.18. The number of rotatable bonds is 3. The molecule has 1 aromatic carbocycles. The van der Waals surface area contributed by atoms with Crippen LogP contribution in [-0.2, 0) is 18.3 Å². The number of anilines is 1. The Bertz CT molecular complexity index is 728. The molecule has 0 atom stereocenters. The van der Waals surface area contributed by atoms with Crippen molar-refractivity contribution >= 4 is 11.6 Å². The summed E-state index contributed by atoms with van der Waals surface area (Å²) < 4.78 is 15.1. The van der Waals surface area contributed by atoms with E-state index in [1.807, 2.05) is 11.9 Å². The summed E-state index contributed by atoms with van der Waals surface area (Å²) in [7, 11) is 2.03. The third kappa shape index (κ3) is 3.30. The van der Waals surface area contributed by atoms with E-state index in [4.69, 9.17) is 0 Å². The molecule has 1 aromatic heterocycles. The van der Waals surface area contributed by atoms with Crippen molar-refractivity contribution < 1.29 is 9.18 Å². The fourth-order valence-electron chi connectivity index (χ4n) is 3.25. The van der Waals surface area contributed by atoms with Gasteiger partial charge in [-0.15, -0.1) is 0 Å². The van der Waals surface area contributed by atoms with Gasteiger partial charge in [-0.1, -0.05) is 0 Å². The van der Waals surface area contributed by atoms with Crippen LogP contribution in [0.25, 0.3) is 0 Å². The lowest BCUT2D eigenvalue weighted by Gasteiger charge is -2.36. The molecule has 0 radical (unpaired) electrons. The maximum atomic E-state index is 13.0. The Balaban J connectivity index is 1.59. The van der Waals surface area contributed by atoms with Crippen molar-refractivity contribution in [3.63, 3.8) is 0 Å². The topological polar surface area (TPSA) is 28.5 Å². The Morgan fingerprint density at radius 3 is 2.25 bits per heavy atom. The quantitative estimate of drug-likeness (QED) is 0.866. The zero-order valence-corrected chi connectivity index (χ0v) is 14.6. The van der Waals surface area contributed by atoms with E-state index in [-0.39, 0.29) is 11.7 Å². The van der Waals surface area contributed by atoms with E-state index >= 15 is 0 Å². The molecule has 24 heavy (non-hydrogen) atoms. The molecular formula is C19H24FN3O. The van der Waals surface area contributed by atoms with E-state index in [0.29, 0.717) is 19.5 Å². The molecule has 3 rings (SSSR count). The van der Waals surface area contributed by atoms with Gasteiger partial charge < -0.3 is 14.4 Å². The van der Waals surface area contributed by atoms with Crippen molar-refractivity contribution in [2.45, 2.75) is 20.3 Å². The second-order valence-corrected chi connectivity index (χ2v) is 6.48. The first-order valence-electron chi connectivity index (χ1n) is 8.36. The molecule has 1 aliphatic rings. The summed E-state index contributed by atoms with van der Waals surface area (Å²) in [6.45, 7) is 7.10. The Hall–Kier alpha value is -2.30. The molecule has 1 saturated heterocycles. The maximum absolute atomic E-state index is 13.0. The number of carbonyl (C=O) groups excluding carboxylic acids is 1. The van der Waals surface area contributed by atoms with Gasteiger partial charge in [-0.2, -0.15) is 0 Å². The molecule has 4 nitrogen and oxygen atoms in total. The largest absolute Gasteiger partial charge is 0.368 e. The van der Waals surface area contributed by atoms with Gasteiger partial charge in [0, 0.05) is 50.3 Å². The van der Waals surface area contributed by atoms with Crippen LogP contribution in [0.5, 0.6) is 0 Å². The smallest absolute Gasteiger partial charge is 0.227 e. The highest BCUT2D eigenvalue weighted by atomic mass is 19.1. The molecule has 1 fully saturated rings. The molecule has 1 aliphatic heterocycles. The van der Waals surface area contributed by atoms with Crippen LogP contribution in [0.1, 0.15) is 17.0 Å². The predicted octanol–water partition coefficient (Wildman–Crippen LogP) is 2.67. The second kappa shape index (κ2) is 6.67. The average Bonchev–Trinajstić information content (AvgIpc) is 2.83. The number of carbonyl (C=O) groups is 1. The van der Waals surface area contributed by atoms with Gasteiger partial charge in [-0.05, 0) is 49.7 Å². The van der Waals surface area contributed by atoms with Crippen LogP contribution >= 0.6 is 0 Å². The van der Waals surface area contributed by atoms with E-state index in [2.05, 4.69) is 29.4 Å². The number of aromatic nitrogens is 1. The fourth-order valence-corrected chi connectivity index (χ4v) is 3.25. The maximum Gasteiger partial charge on any atom is 0.227 e. The van der Waals surface area contributed by atoms with Crippen LogP contribution in [0.3, 0.4) is 0 Å². The molecule has 1 amide bonds. The molecule has 0 aliphatic carbocycles. The zero-order valence-electron chi connectivity index (χ0n) is 14.6. The number of nitrogens with zero attached hydrogens (tertiary/aromatic N) is 3. The van der Waals surface area contributed by atoms with E-state index in [9.17, 15) is 9.18 Å². The normalized spacial score (nSPS) is 15.0. The molecule has 0 bridgehead atoms. The van der Waals surface area contributed by atoms with Gasteiger partial charge in [-0.25, -0.2) is 4.39 Å². The number of halogens is 1. The van der Waals surface area contributed by atoms with E-state index < -0.39 is 0 Å². The highest BCUT2D eigenvalue weighted by molar-refractivity contribution is 5.79. The van der Waals surface area contributed by atoms with Crippen molar-refractivity contribution in [3.05, 3.63) is 53.1 Å². The van der Waals surface area contributed by atoms with Gasteiger partial charge in [0.2, 0.25) is 5.91 Å². The lowest BCUT2D eigenvalue weighted by Crippen LogP contribution is -2.49. The minimum atomic E-state index is -0.221. The van der Waals surface area contributed by atoms with Crippen LogP contribution in [0.4, 0.5) is 10.1 Å². The van der Waals surface area contributed by atoms with Crippen molar-refractivity contribution in [1.82, 2.24) is 9.47 Å². The minimum absolute atomic E-state index is 0.183. The highest BCUT2D eigenvalue weighted by Gasteiger charge is 2.22. The minimum Gasteiger partial charge on any atom is -0.368 e. The van der Waals surface area contributed by atoms with Crippen LogP contribution < -0.4 is 4.90 Å². The zero-order chi connectivity index (χ0) is 17.3.